The Kier molecular flexibility index (Phi) is 4.63. The van der Waals surface area contributed by atoms with Gasteiger partial charge in [0.1, 0.15) is 0 Å². The van der Waals surface area contributed by atoms with Crippen molar-refractivity contribution in [3.63, 3.8) is 0 Å². The second kappa shape index (κ2) is 5.82. The third kappa shape index (κ3) is 3.30. The quantitative estimate of drug-likeness (QED) is 0.624. The van der Waals surface area contributed by atoms with Crippen molar-refractivity contribution in [3.8, 4) is 0 Å². The van der Waals surface area contributed by atoms with Crippen LogP contribution in [0.25, 0.3) is 0 Å². The maximum absolute atomic E-state index is 6.41. The lowest BCUT2D eigenvalue weighted by atomic mass is 9.79. The van der Waals surface area contributed by atoms with Gasteiger partial charge in [-0.25, -0.2) is 0 Å². The molecular weight excluding hydrogens is 275 g/mol. The lowest BCUT2D eigenvalue weighted by molar-refractivity contribution is 0.287. The van der Waals surface area contributed by atoms with Gasteiger partial charge in [0.15, 0.2) is 0 Å². The van der Waals surface area contributed by atoms with Crippen LogP contribution in [0.1, 0.15) is 31.7 Å². The minimum atomic E-state index is 0.279. The van der Waals surface area contributed by atoms with Crippen molar-refractivity contribution in [2.24, 2.45) is 11.8 Å². The fraction of sp³-hybridized carbons (Fsp3) is 0.571. The summed E-state index contributed by atoms with van der Waals surface area (Å²) in [5, 5.41) is 1.61. The number of hydrogen-bond donors (Lipinski definition) is 0. The van der Waals surface area contributed by atoms with Crippen LogP contribution in [0.15, 0.2) is 18.2 Å². The van der Waals surface area contributed by atoms with Crippen molar-refractivity contribution in [2.75, 3.05) is 0 Å². The van der Waals surface area contributed by atoms with Crippen molar-refractivity contribution in [3.05, 3.63) is 33.8 Å². The third-order valence-corrected chi connectivity index (χ3v) is 5.10. The van der Waals surface area contributed by atoms with E-state index in [0.29, 0.717) is 16.0 Å². The van der Waals surface area contributed by atoms with E-state index in [4.69, 9.17) is 34.8 Å². The van der Waals surface area contributed by atoms with Gasteiger partial charge in [0.05, 0.1) is 10.0 Å². The molecule has 1 saturated carbocycles. The number of halogens is 3. The topological polar surface area (TPSA) is 0 Å². The molecule has 0 amide bonds. The fourth-order valence-corrected chi connectivity index (χ4v) is 3.38. The van der Waals surface area contributed by atoms with E-state index in [9.17, 15) is 0 Å². The molecule has 0 bridgehead atoms. The Labute approximate surface area is 118 Å². The lowest BCUT2D eigenvalue weighted by Gasteiger charge is -2.31. The van der Waals surface area contributed by atoms with Crippen LogP contribution >= 0.6 is 34.8 Å². The summed E-state index contributed by atoms with van der Waals surface area (Å²) in [7, 11) is 0. The number of hydrogen-bond acceptors (Lipinski definition) is 0. The molecule has 1 aliphatic carbocycles. The second-order valence-electron chi connectivity index (χ2n) is 5.11. The summed E-state index contributed by atoms with van der Waals surface area (Å²) in [6.07, 6.45) is 4.49. The summed E-state index contributed by atoms with van der Waals surface area (Å²) in [5.74, 6) is 1.30. The highest BCUT2D eigenvalue weighted by molar-refractivity contribution is 6.42. The monoisotopic (exact) mass is 290 g/mol. The first kappa shape index (κ1) is 13.5. The molecule has 3 unspecified atom stereocenters. The molecule has 3 atom stereocenters. The van der Waals surface area contributed by atoms with E-state index in [-0.39, 0.29) is 5.38 Å². The average Bonchev–Trinajstić information content (AvgIpc) is 2.30. The summed E-state index contributed by atoms with van der Waals surface area (Å²) in [6, 6.07) is 5.84. The van der Waals surface area contributed by atoms with Crippen molar-refractivity contribution in [2.45, 2.75) is 38.0 Å². The Morgan fingerprint density at radius 2 is 2.00 bits per heavy atom. The van der Waals surface area contributed by atoms with Crippen LogP contribution in [0.3, 0.4) is 0 Å². The zero-order valence-electron chi connectivity index (χ0n) is 9.93. The largest absolute Gasteiger partial charge is 0.123 e. The van der Waals surface area contributed by atoms with Gasteiger partial charge in [0.2, 0.25) is 0 Å². The maximum atomic E-state index is 6.41. The van der Waals surface area contributed by atoms with Gasteiger partial charge >= 0.3 is 0 Å². The van der Waals surface area contributed by atoms with Crippen LogP contribution in [0.2, 0.25) is 10.0 Å². The Morgan fingerprint density at radius 3 is 2.76 bits per heavy atom. The predicted molar refractivity (Wildman–Crippen MR) is 76.3 cm³/mol. The van der Waals surface area contributed by atoms with Crippen molar-refractivity contribution in [1.82, 2.24) is 0 Å². The molecule has 1 aromatic rings. The highest BCUT2D eigenvalue weighted by Crippen LogP contribution is 2.36. The molecule has 0 saturated heterocycles. The van der Waals surface area contributed by atoms with E-state index in [0.717, 1.165) is 24.3 Å². The minimum absolute atomic E-state index is 0.279. The Morgan fingerprint density at radius 1 is 1.24 bits per heavy atom. The van der Waals surface area contributed by atoms with Crippen LogP contribution in [-0.4, -0.2) is 5.38 Å². The van der Waals surface area contributed by atoms with E-state index < -0.39 is 0 Å². The van der Waals surface area contributed by atoms with Crippen molar-refractivity contribution in [1.29, 1.82) is 0 Å². The van der Waals surface area contributed by atoms with Gasteiger partial charge < -0.3 is 0 Å². The first-order valence-corrected chi connectivity index (χ1v) is 7.34. The van der Waals surface area contributed by atoms with E-state index in [1.807, 2.05) is 12.1 Å². The van der Waals surface area contributed by atoms with E-state index in [2.05, 4.69) is 13.0 Å². The van der Waals surface area contributed by atoms with Gasteiger partial charge in [0.25, 0.3) is 0 Å². The molecular formula is C14H17Cl3. The van der Waals surface area contributed by atoms with Crippen LogP contribution in [-0.2, 0) is 6.42 Å². The summed E-state index contributed by atoms with van der Waals surface area (Å²) < 4.78 is 0. The normalized spacial score (nSPS) is 29.3. The molecule has 0 spiro atoms. The highest BCUT2D eigenvalue weighted by atomic mass is 35.5. The first-order valence-electron chi connectivity index (χ1n) is 6.15. The molecule has 0 aliphatic heterocycles. The summed E-state index contributed by atoms with van der Waals surface area (Å²) in [5.41, 5.74) is 1.13. The van der Waals surface area contributed by atoms with Crippen LogP contribution in [0.5, 0.6) is 0 Å². The lowest BCUT2D eigenvalue weighted by Crippen LogP contribution is -2.26. The smallest absolute Gasteiger partial charge is 0.0624 e. The van der Waals surface area contributed by atoms with Crippen LogP contribution in [0.4, 0.5) is 0 Å². The Bertz CT molecular complexity index is 389. The molecule has 0 N–H and O–H groups in total. The standard InChI is InChI=1S/C14H17Cl3/c1-9-5-6-12(15)11(7-9)8-10-3-2-4-13(16)14(10)17/h2-4,9,11-12H,5-8H2,1H3. The van der Waals surface area contributed by atoms with Crippen molar-refractivity contribution < 1.29 is 0 Å². The zero-order chi connectivity index (χ0) is 12.4. The molecule has 17 heavy (non-hydrogen) atoms. The van der Waals surface area contributed by atoms with E-state index >= 15 is 0 Å². The molecule has 1 fully saturated rings. The zero-order valence-corrected chi connectivity index (χ0v) is 12.2. The predicted octanol–water partition coefficient (Wildman–Crippen LogP) is 5.58. The van der Waals surface area contributed by atoms with Gasteiger partial charge in [-0.2, -0.15) is 0 Å². The minimum Gasteiger partial charge on any atom is -0.123 e. The molecule has 94 valence electrons. The molecule has 2 rings (SSSR count). The molecule has 0 radical (unpaired) electrons. The molecule has 1 aliphatic rings. The third-order valence-electron chi connectivity index (χ3n) is 3.67. The van der Waals surface area contributed by atoms with E-state index in [1.54, 1.807) is 0 Å². The Balaban J connectivity index is 2.11. The van der Waals surface area contributed by atoms with E-state index in [1.165, 1.54) is 12.8 Å². The van der Waals surface area contributed by atoms with Gasteiger partial charge in [-0.15, -0.1) is 11.6 Å². The van der Waals surface area contributed by atoms with Gasteiger partial charge in [-0.05, 0) is 49.1 Å². The van der Waals surface area contributed by atoms with Crippen LogP contribution in [0, 0.1) is 11.8 Å². The van der Waals surface area contributed by atoms with Crippen molar-refractivity contribution >= 4 is 34.8 Å². The molecule has 0 heterocycles. The first-order chi connectivity index (χ1) is 8.08. The SMILES string of the molecule is CC1CCC(Cl)C(Cc2cccc(Cl)c2Cl)C1. The van der Waals surface area contributed by atoms with Gasteiger partial charge in [-0.3, -0.25) is 0 Å². The second-order valence-corrected chi connectivity index (χ2v) is 6.46. The summed E-state index contributed by atoms with van der Waals surface area (Å²) in [6.45, 7) is 2.30. The molecule has 1 aromatic carbocycles. The maximum Gasteiger partial charge on any atom is 0.0624 e. The van der Waals surface area contributed by atoms with Gasteiger partial charge in [0, 0.05) is 5.38 Å². The molecule has 3 heteroatoms. The fourth-order valence-electron chi connectivity index (χ4n) is 2.66. The Hall–Kier alpha value is 0.0900. The van der Waals surface area contributed by atoms with Crippen LogP contribution < -0.4 is 0 Å². The number of alkyl halides is 1. The summed E-state index contributed by atoms with van der Waals surface area (Å²) >= 11 is 18.7. The number of benzene rings is 1. The molecule has 0 nitrogen and oxygen atoms in total. The highest BCUT2D eigenvalue weighted by Gasteiger charge is 2.27. The van der Waals surface area contributed by atoms with Gasteiger partial charge in [-0.1, -0.05) is 42.3 Å². The summed E-state index contributed by atoms with van der Waals surface area (Å²) in [4.78, 5) is 0. The number of rotatable bonds is 2. The average molecular weight is 292 g/mol. The molecule has 0 aromatic heterocycles.